The molecule has 2 aromatic carbocycles. The van der Waals surface area contributed by atoms with Gasteiger partial charge in [-0.3, -0.25) is 9.36 Å². The Morgan fingerprint density at radius 2 is 1.86 bits per heavy atom. The molecule has 0 unspecified atom stereocenters. The van der Waals surface area contributed by atoms with Crippen LogP contribution in [-0.4, -0.2) is 19.8 Å². The zero-order valence-corrected chi connectivity index (χ0v) is 11.7. The summed E-state index contributed by atoms with van der Waals surface area (Å²) in [5, 5.41) is 19.7. The number of hydrogen-bond acceptors (Lipinski definition) is 4. The second-order valence-corrected chi connectivity index (χ2v) is 4.92. The van der Waals surface area contributed by atoms with Crippen molar-refractivity contribution in [3.05, 3.63) is 58.1 Å². The molecule has 1 heterocycles. The summed E-state index contributed by atoms with van der Waals surface area (Å²) in [6, 6.07) is 9.51. The smallest absolute Gasteiger partial charge is 0.266 e. The van der Waals surface area contributed by atoms with Crippen LogP contribution in [0.1, 0.15) is 11.4 Å². The van der Waals surface area contributed by atoms with Gasteiger partial charge in [-0.1, -0.05) is 6.07 Å². The van der Waals surface area contributed by atoms with E-state index in [1.54, 1.807) is 38.1 Å². The number of nitrogens with zero attached hydrogens (tertiary/aromatic N) is 2. The first-order chi connectivity index (χ1) is 9.99. The third-order valence-electron chi connectivity index (χ3n) is 3.54. The van der Waals surface area contributed by atoms with Gasteiger partial charge < -0.3 is 10.2 Å². The van der Waals surface area contributed by atoms with Crippen LogP contribution in [0.25, 0.3) is 16.6 Å². The van der Waals surface area contributed by atoms with Crippen molar-refractivity contribution in [2.24, 2.45) is 0 Å². The summed E-state index contributed by atoms with van der Waals surface area (Å²) in [7, 11) is 0. The lowest BCUT2D eigenvalue weighted by molar-refractivity contribution is 0.470. The number of phenolic OH excluding ortho intramolecular Hbond substituents is 2. The van der Waals surface area contributed by atoms with E-state index in [9.17, 15) is 15.0 Å². The quantitative estimate of drug-likeness (QED) is 0.718. The van der Waals surface area contributed by atoms with Crippen molar-refractivity contribution in [1.29, 1.82) is 0 Å². The summed E-state index contributed by atoms with van der Waals surface area (Å²) < 4.78 is 1.44. The number of aromatic hydroxyl groups is 2. The third-order valence-corrected chi connectivity index (χ3v) is 3.54. The maximum absolute atomic E-state index is 12.7. The van der Waals surface area contributed by atoms with Gasteiger partial charge in [0, 0.05) is 5.56 Å². The first-order valence-electron chi connectivity index (χ1n) is 6.50. The Labute approximate surface area is 120 Å². The normalized spacial score (nSPS) is 11.0. The van der Waals surface area contributed by atoms with Crippen LogP contribution in [0.3, 0.4) is 0 Å². The van der Waals surface area contributed by atoms with E-state index in [2.05, 4.69) is 4.98 Å². The van der Waals surface area contributed by atoms with Gasteiger partial charge in [0.2, 0.25) is 0 Å². The molecule has 0 spiro atoms. The highest BCUT2D eigenvalue weighted by Crippen LogP contribution is 2.24. The van der Waals surface area contributed by atoms with Crippen LogP contribution in [0, 0.1) is 13.8 Å². The van der Waals surface area contributed by atoms with E-state index in [1.165, 1.54) is 16.7 Å². The van der Waals surface area contributed by atoms with Crippen LogP contribution in [0.4, 0.5) is 0 Å². The number of rotatable bonds is 1. The minimum atomic E-state index is -0.276. The maximum atomic E-state index is 12.7. The Morgan fingerprint density at radius 3 is 2.62 bits per heavy atom. The van der Waals surface area contributed by atoms with Crippen molar-refractivity contribution >= 4 is 10.9 Å². The topological polar surface area (TPSA) is 75.3 Å². The number of phenols is 2. The average molecular weight is 282 g/mol. The van der Waals surface area contributed by atoms with Gasteiger partial charge in [0.25, 0.3) is 5.56 Å². The van der Waals surface area contributed by atoms with E-state index in [0.29, 0.717) is 28.0 Å². The van der Waals surface area contributed by atoms with Crippen molar-refractivity contribution in [2.45, 2.75) is 13.8 Å². The van der Waals surface area contributed by atoms with E-state index in [1.807, 2.05) is 0 Å². The molecule has 0 fully saturated rings. The third kappa shape index (κ3) is 2.03. The molecule has 0 aliphatic carbocycles. The van der Waals surface area contributed by atoms with Crippen LogP contribution in [-0.2, 0) is 0 Å². The summed E-state index contributed by atoms with van der Waals surface area (Å²) in [5.74, 6) is 0.658. The Balaban J connectivity index is 2.43. The molecule has 0 atom stereocenters. The molecule has 2 N–H and O–H groups in total. The van der Waals surface area contributed by atoms with E-state index in [-0.39, 0.29) is 17.1 Å². The molecule has 1 aromatic heterocycles. The van der Waals surface area contributed by atoms with Gasteiger partial charge in [0.15, 0.2) is 0 Å². The maximum Gasteiger partial charge on any atom is 0.266 e. The number of benzene rings is 2. The molecule has 0 saturated heterocycles. The van der Waals surface area contributed by atoms with Crippen molar-refractivity contribution in [3.63, 3.8) is 0 Å². The van der Waals surface area contributed by atoms with Crippen molar-refractivity contribution in [2.75, 3.05) is 0 Å². The molecule has 3 aromatic rings. The molecule has 0 saturated carbocycles. The van der Waals surface area contributed by atoms with Crippen molar-refractivity contribution in [3.8, 4) is 17.2 Å². The van der Waals surface area contributed by atoms with Gasteiger partial charge in [0.05, 0.1) is 16.6 Å². The lowest BCUT2D eigenvalue weighted by Gasteiger charge is -2.14. The summed E-state index contributed by atoms with van der Waals surface area (Å²) in [6.45, 7) is 3.47. The zero-order chi connectivity index (χ0) is 15.1. The minimum Gasteiger partial charge on any atom is -0.508 e. The predicted octanol–water partition coefficient (Wildman–Crippen LogP) is 2.41. The van der Waals surface area contributed by atoms with E-state index < -0.39 is 0 Å². The van der Waals surface area contributed by atoms with Gasteiger partial charge in [-0.05, 0) is 44.2 Å². The first-order valence-corrected chi connectivity index (χ1v) is 6.50. The van der Waals surface area contributed by atoms with Gasteiger partial charge in [-0.2, -0.15) is 0 Å². The molecular formula is C16H14N2O3. The summed E-state index contributed by atoms with van der Waals surface area (Å²) >= 11 is 0. The monoisotopic (exact) mass is 282 g/mol. The minimum absolute atomic E-state index is 0.0180. The van der Waals surface area contributed by atoms with E-state index in [0.717, 1.165) is 0 Å². The van der Waals surface area contributed by atoms with Crippen LogP contribution < -0.4 is 5.56 Å². The molecule has 3 rings (SSSR count). The molecule has 21 heavy (non-hydrogen) atoms. The largest absolute Gasteiger partial charge is 0.508 e. The molecule has 106 valence electrons. The lowest BCUT2D eigenvalue weighted by atomic mass is 10.1. The molecule has 0 aliphatic heterocycles. The Kier molecular flexibility index (Phi) is 2.90. The molecule has 5 nitrogen and oxygen atoms in total. The highest BCUT2D eigenvalue weighted by molar-refractivity contribution is 5.79. The highest BCUT2D eigenvalue weighted by atomic mass is 16.3. The van der Waals surface area contributed by atoms with E-state index in [4.69, 9.17) is 0 Å². The summed E-state index contributed by atoms with van der Waals surface area (Å²) in [5.41, 5.74) is 1.44. The molecule has 0 amide bonds. The molecule has 5 heteroatoms. The Bertz CT molecular complexity index is 913. The van der Waals surface area contributed by atoms with Gasteiger partial charge >= 0.3 is 0 Å². The van der Waals surface area contributed by atoms with Gasteiger partial charge in [-0.15, -0.1) is 0 Å². The zero-order valence-electron chi connectivity index (χ0n) is 11.7. The van der Waals surface area contributed by atoms with Crippen LogP contribution in [0.5, 0.6) is 11.5 Å². The molecular weight excluding hydrogens is 268 g/mol. The SMILES string of the molecule is Cc1c(O)cccc1-n1c(C)nc2ccc(O)cc2c1=O. The Morgan fingerprint density at radius 1 is 1.10 bits per heavy atom. The second kappa shape index (κ2) is 4.63. The number of aromatic nitrogens is 2. The van der Waals surface area contributed by atoms with Crippen LogP contribution in [0.15, 0.2) is 41.2 Å². The van der Waals surface area contributed by atoms with Gasteiger partial charge in [-0.25, -0.2) is 4.98 Å². The Hall–Kier alpha value is -2.82. The second-order valence-electron chi connectivity index (χ2n) is 4.92. The van der Waals surface area contributed by atoms with Gasteiger partial charge in [0.1, 0.15) is 17.3 Å². The van der Waals surface area contributed by atoms with Crippen molar-refractivity contribution in [1.82, 2.24) is 9.55 Å². The fourth-order valence-corrected chi connectivity index (χ4v) is 2.42. The summed E-state index contributed by atoms with van der Waals surface area (Å²) in [4.78, 5) is 17.1. The highest BCUT2D eigenvalue weighted by Gasteiger charge is 2.13. The lowest BCUT2D eigenvalue weighted by Crippen LogP contribution is -2.23. The molecule has 0 bridgehead atoms. The molecule has 0 radical (unpaired) electrons. The molecule has 0 aliphatic rings. The van der Waals surface area contributed by atoms with Crippen molar-refractivity contribution < 1.29 is 10.2 Å². The fourth-order valence-electron chi connectivity index (χ4n) is 2.42. The predicted molar refractivity (Wildman–Crippen MR) is 80.1 cm³/mol. The first kappa shape index (κ1) is 13.2. The number of fused-ring (bicyclic) bond motifs is 1. The fraction of sp³-hybridized carbons (Fsp3) is 0.125. The van der Waals surface area contributed by atoms with Crippen LogP contribution in [0.2, 0.25) is 0 Å². The summed E-state index contributed by atoms with van der Waals surface area (Å²) in [6.07, 6.45) is 0. The standard InChI is InChI=1S/C16H14N2O3/c1-9-14(4-3-5-15(9)20)18-10(2)17-13-7-6-11(19)8-12(13)16(18)21/h3-8,19-20H,1-2H3. The number of hydrogen-bond donors (Lipinski definition) is 2. The van der Waals surface area contributed by atoms with E-state index >= 15 is 0 Å². The number of aryl methyl sites for hydroxylation is 1. The van der Waals surface area contributed by atoms with Crippen LogP contribution >= 0.6 is 0 Å². The average Bonchev–Trinajstić information content (AvgIpc) is 2.44.